The lowest BCUT2D eigenvalue weighted by Gasteiger charge is -2.18. The largest absolute Gasteiger partial charge is 0.287 e. The van der Waals surface area contributed by atoms with Crippen LogP contribution in [0.3, 0.4) is 0 Å². The maximum absolute atomic E-state index is 12.4. The molecule has 2 aromatic carbocycles. The van der Waals surface area contributed by atoms with Crippen molar-refractivity contribution in [2.45, 2.75) is 12.3 Å². The van der Waals surface area contributed by atoms with E-state index in [1.807, 2.05) is 60.7 Å². The molecule has 2 N–H and O–H groups in total. The van der Waals surface area contributed by atoms with E-state index in [9.17, 15) is 14.9 Å². The van der Waals surface area contributed by atoms with Gasteiger partial charge < -0.3 is 0 Å². The van der Waals surface area contributed by atoms with Crippen LogP contribution >= 0.6 is 0 Å². The number of nitro groups is 1. The third-order valence-corrected chi connectivity index (χ3v) is 4.08. The summed E-state index contributed by atoms with van der Waals surface area (Å²) in [4.78, 5) is 26.5. The number of pyridine rings is 1. The molecule has 0 aliphatic heterocycles. The van der Waals surface area contributed by atoms with E-state index in [0.29, 0.717) is 5.82 Å². The van der Waals surface area contributed by atoms with Crippen molar-refractivity contribution in [1.29, 1.82) is 0 Å². The van der Waals surface area contributed by atoms with Crippen LogP contribution in [0.5, 0.6) is 0 Å². The molecule has 1 heterocycles. The van der Waals surface area contributed by atoms with Gasteiger partial charge in [0.2, 0.25) is 5.91 Å². The first-order chi connectivity index (χ1) is 13.1. The number of nitrogens with one attached hydrogen (secondary N) is 2. The number of rotatable bonds is 7. The van der Waals surface area contributed by atoms with E-state index in [4.69, 9.17) is 0 Å². The molecular formula is C20H18N4O3. The van der Waals surface area contributed by atoms with Gasteiger partial charge >= 0.3 is 0 Å². The normalized spacial score (nSPS) is 10.4. The summed E-state index contributed by atoms with van der Waals surface area (Å²) in [5, 5.41) is 10.6. The van der Waals surface area contributed by atoms with E-state index >= 15 is 0 Å². The zero-order valence-corrected chi connectivity index (χ0v) is 14.4. The number of aromatic nitrogens is 1. The molecule has 0 radical (unpaired) electrons. The monoisotopic (exact) mass is 362 g/mol. The van der Waals surface area contributed by atoms with Gasteiger partial charge in [-0.2, -0.15) is 0 Å². The lowest BCUT2D eigenvalue weighted by molar-refractivity contribution is -0.385. The Balaban J connectivity index is 1.67. The van der Waals surface area contributed by atoms with Gasteiger partial charge in [0.05, 0.1) is 4.92 Å². The fraction of sp³-hybridized carbons (Fsp3) is 0.100. The summed E-state index contributed by atoms with van der Waals surface area (Å²) < 4.78 is 0. The number of benzene rings is 2. The van der Waals surface area contributed by atoms with Crippen molar-refractivity contribution >= 4 is 17.4 Å². The molecule has 3 aromatic rings. The van der Waals surface area contributed by atoms with Crippen LogP contribution in [0.2, 0.25) is 0 Å². The Hall–Kier alpha value is -3.74. The summed E-state index contributed by atoms with van der Waals surface area (Å²) in [6, 6.07) is 22.4. The minimum Gasteiger partial charge on any atom is -0.282 e. The van der Waals surface area contributed by atoms with Crippen LogP contribution in [0.15, 0.2) is 79.0 Å². The highest BCUT2D eigenvalue weighted by Gasteiger charge is 2.18. The molecule has 0 unspecified atom stereocenters. The predicted molar refractivity (Wildman–Crippen MR) is 102 cm³/mol. The van der Waals surface area contributed by atoms with Crippen molar-refractivity contribution < 1.29 is 9.72 Å². The molecule has 0 aliphatic carbocycles. The SMILES string of the molecule is O=C(CC(c1ccccc1)c1ccccc1)NNc1ccc([N+](=O)[O-])cn1. The molecule has 0 aliphatic rings. The number of hydrogen-bond acceptors (Lipinski definition) is 5. The molecule has 3 rings (SSSR count). The molecule has 0 spiro atoms. The highest BCUT2D eigenvalue weighted by Crippen LogP contribution is 2.27. The fourth-order valence-electron chi connectivity index (χ4n) is 2.74. The molecule has 0 bridgehead atoms. The van der Waals surface area contributed by atoms with E-state index in [2.05, 4.69) is 15.8 Å². The van der Waals surface area contributed by atoms with E-state index < -0.39 is 4.92 Å². The number of anilines is 1. The summed E-state index contributed by atoms with van der Waals surface area (Å²) >= 11 is 0. The topological polar surface area (TPSA) is 97.2 Å². The molecule has 0 saturated heterocycles. The molecule has 7 nitrogen and oxygen atoms in total. The number of carbonyl (C=O) groups excluding carboxylic acids is 1. The van der Waals surface area contributed by atoms with Gasteiger partial charge in [0.1, 0.15) is 12.0 Å². The van der Waals surface area contributed by atoms with Gasteiger partial charge in [0, 0.05) is 18.4 Å². The number of hydrazine groups is 1. The molecule has 0 fully saturated rings. The van der Waals surface area contributed by atoms with E-state index in [-0.39, 0.29) is 23.9 Å². The first-order valence-electron chi connectivity index (χ1n) is 8.38. The lowest BCUT2D eigenvalue weighted by atomic mass is 9.88. The number of carbonyl (C=O) groups is 1. The second kappa shape index (κ2) is 8.57. The smallest absolute Gasteiger partial charge is 0.282 e. The highest BCUT2D eigenvalue weighted by molar-refractivity contribution is 5.78. The predicted octanol–water partition coefficient (Wildman–Crippen LogP) is 3.66. The highest BCUT2D eigenvalue weighted by atomic mass is 16.6. The molecule has 1 aromatic heterocycles. The second-order valence-electron chi connectivity index (χ2n) is 5.91. The van der Waals surface area contributed by atoms with Crippen molar-refractivity contribution in [3.8, 4) is 0 Å². The Bertz CT molecular complexity index is 860. The summed E-state index contributed by atoms with van der Waals surface area (Å²) in [7, 11) is 0. The molecule has 27 heavy (non-hydrogen) atoms. The van der Waals surface area contributed by atoms with Crippen molar-refractivity contribution in [3.63, 3.8) is 0 Å². The molecular weight excluding hydrogens is 344 g/mol. The van der Waals surface area contributed by atoms with E-state index in [1.54, 1.807) is 0 Å². The van der Waals surface area contributed by atoms with Crippen molar-refractivity contribution in [2.24, 2.45) is 0 Å². The van der Waals surface area contributed by atoms with Crippen molar-refractivity contribution in [2.75, 3.05) is 5.43 Å². The van der Waals surface area contributed by atoms with Gasteiger partial charge in [-0.3, -0.25) is 25.8 Å². The van der Waals surface area contributed by atoms with Gasteiger partial charge in [-0.15, -0.1) is 0 Å². The minimum absolute atomic E-state index is 0.0842. The van der Waals surface area contributed by atoms with Gasteiger partial charge in [-0.1, -0.05) is 60.7 Å². The number of nitrogens with zero attached hydrogens (tertiary/aromatic N) is 2. The maximum atomic E-state index is 12.4. The number of hydrogen-bond donors (Lipinski definition) is 2. The van der Waals surface area contributed by atoms with Crippen LogP contribution in [0.1, 0.15) is 23.5 Å². The Kier molecular flexibility index (Phi) is 5.73. The van der Waals surface area contributed by atoms with Gasteiger partial charge in [0.15, 0.2) is 0 Å². The average molecular weight is 362 g/mol. The average Bonchev–Trinajstić information content (AvgIpc) is 2.72. The van der Waals surface area contributed by atoms with E-state index in [0.717, 1.165) is 17.3 Å². The van der Waals surface area contributed by atoms with Crippen LogP contribution in [-0.2, 0) is 4.79 Å². The van der Waals surface area contributed by atoms with Crippen LogP contribution < -0.4 is 10.9 Å². The first kappa shape index (κ1) is 18.1. The summed E-state index contributed by atoms with van der Waals surface area (Å²) in [5.41, 5.74) is 7.27. The van der Waals surface area contributed by atoms with Gasteiger partial charge in [0.25, 0.3) is 5.69 Å². The minimum atomic E-state index is -0.528. The number of amides is 1. The zero-order valence-electron chi connectivity index (χ0n) is 14.4. The third-order valence-electron chi connectivity index (χ3n) is 4.08. The second-order valence-corrected chi connectivity index (χ2v) is 5.91. The Morgan fingerprint density at radius 3 is 2.04 bits per heavy atom. The van der Waals surface area contributed by atoms with Crippen molar-refractivity contribution in [1.82, 2.24) is 10.4 Å². The summed E-state index contributed by atoms with van der Waals surface area (Å²) in [6.45, 7) is 0. The van der Waals surface area contributed by atoms with Gasteiger partial charge in [-0.25, -0.2) is 4.98 Å². The molecule has 136 valence electrons. The van der Waals surface area contributed by atoms with Crippen LogP contribution in [0, 0.1) is 10.1 Å². The lowest BCUT2D eigenvalue weighted by Crippen LogP contribution is -2.31. The van der Waals surface area contributed by atoms with E-state index in [1.165, 1.54) is 12.1 Å². The van der Waals surface area contributed by atoms with Crippen molar-refractivity contribution in [3.05, 3.63) is 100 Å². The third kappa shape index (κ3) is 4.88. The van der Waals surface area contributed by atoms with Crippen LogP contribution in [0.4, 0.5) is 11.5 Å². The summed E-state index contributed by atoms with van der Waals surface area (Å²) in [6.07, 6.45) is 1.37. The fourth-order valence-corrected chi connectivity index (χ4v) is 2.74. The maximum Gasteiger partial charge on any atom is 0.287 e. The molecule has 0 atom stereocenters. The molecule has 0 saturated carbocycles. The Morgan fingerprint density at radius 1 is 0.963 bits per heavy atom. The van der Waals surface area contributed by atoms with Gasteiger partial charge in [-0.05, 0) is 17.2 Å². The zero-order chi connectivity index (χ0) is 19.1. The molecule has 7 heteroatoms. The molecule has 1 amide bonds. The summed E-state index contributed by atoms with van der Waals surface area (Å²) in [5.74, 6) is 0.0248. The Labute approximate surface area is 156 Å². The Morgan fingerprint density at radius 2 is 1.56 bits per heavy atom. The first-order valence-corrected chi connectivity index (χ1v) is 8.38. The van der Waals surface area contributed by atoms with Crippen LogP contribution in [0.25, 0.3) is 0 Å². The standard InChI is InChI=1S/C20H18N4O3/c25-20(23-22-19-12-11-17(14-21-19)24(26)27)13-18(15-7-3-1-4-8-15)16-9-5-2-6-10-16/h1-12,14,18H,13H2,(H,21,22)(H,23,25). The quantitative estimate of drug-likeness (QED) is 0.494. The van der Waals surface area contributed by atoms with Crippen LogP contribution in [-0.4, -0.2) is 15.8 Å².